The molecule has 0 amide bonds. The van der Waals surface area contributed by atoms with Crippen molar-refractivity contribution in [2.45, 2.75) is 19.8 Å². The van der Waals surface area contributed by atoms with E-state index in [4.69, 9.17) is 4.42 Å². The van der Waals surface area contributed by atoms with E-state index in [9.17, 15) is 14.9 Å². The average molecular weight is 389 g/mol. The van der Waals surface area contributed by atoms with Crippen LogP contribution in [0.15, 0.2) is 88.1 Å². The second-order valence-corrected chi connectivity index (χ2v) is 6.80. The van der Waals surface area contributed by atoms with E-state index in [0.717, 1.165) is 11.1 Å². The van der Waals surface area contributed by atoms with Crippen LogP contribution >= 0.6 is 0 Å². The Morgan fingerprint density at radius 1 is 0.897 bits per heavy atom. The highest BCUT2D eigenvalue weighted by Gasteiger charge is 2.17. The summed E-state index contributed by atoms with van der Waals surface area (Å²) in [5.74, 6) is -0.536. The van der Waals surface area contributed by atoms with Crippen LogP contribution in [0.1, 0.15) is 11.1 Å². The highest BCUT2D eigenvalue weighted by atomic mass is 16.6. The van der Waals surface area contributed by atoms with Crippen LogP contribution in [-0.2, 0) is 19.8 Å². The van der Waals surface area contributed by atoms with E-state index in [2.05, 4.69) is 4.90 Å². The summed E-state index contributed by atoms with van der Waals surface area (Å²) in [4.78, 5) is 25.1. The molecule has 7 nitrogen and oxygen atoms in total. The molecule has 29 heavy (non-hydrogen) atoms. The summed E-state index contributed by atoms with van der Waals surface area (Å²) in [6.45, 7) is 1.58. The van der Waals surface area contributed by atoms with Crippen molar-refractivity contribution in [1.82, 2.24) is 9.47 Å². The van der Waals surface area contributed by atoms with Crippen LogP contribution in [0.5, 0.6) is 0 Å². The van der Waals surface area contributed by atoms with E-state index in [0.29, 0.717) is 25.3 Å². The van der Waals surface area contributed by atoms with E-state index in [1.807, 2.05) is 60.7 Å². The Labute approximate surface area is 166 Å². The molecular formula is C22H19N3O4. The fourth-order valence-electron chi connectivity index (χ4n) is 3.34. The van der Waals surface area contributed by atoms with Crippen LogP contribution in [-0.4, -0.2) is 14.4 Å². The number of nitro benzene ring substituents is 1. The minimum absolute atomic E-state index is 0.108. The zero-order valence-electron chi connectivity index (χ0n) is 15.6. The lowest BCUT2D eigenvalue weighted by atomic mass is 10.2. The molecule has 0 saturated heterocycles. The first-order valence-electron chi connectivity index (χ1n) is 9.18. The smallest absolute Gasteiger partial charge is 0.407 e. The topological polar surface area (TPSA) is 81.5 Å². The number of hydrogen-bond acceptors (Lipinski definition) is 5. The highest BCUT2D eigenvalue weighted by molar-refractivity contribution is 5.75. The maximum absolute atomic E-state index is 12.5. The number of oxazole rings is 1. The second kappa shape index (κ2) is 8.12. The van der Waals surface area contributed by atoms with Gasteiger partial charge in [0, 0.05) is 19.2 Å². The van der Waals surface area contributed by atoms with Gasteiger partial charge in [0.25, 0.3) is 5.69 Å². The van der Waals surface area contributed by atoms with Gasteiger partial charge in [0.15, 0.2) is 5.58 Å². The number of nitro groups is 1. The Kier molecular flexibility index (Phi) is 5.22. The quantitative estimate of drug-likeness (QED) is 0.350. The second-order valence-electron chi connectivity index (χ2n) is 6.80. The van der Waals surface area contributed by atoms with Crippen LogP contribution in [0.3, 0.4) is 0 Å². The molecule has 0 fully saturated rings. The Hall–Kier alpha value is -3.71. The van der Waals surface area contributed by atoms with Crippen molar-refractivity contribution >= 4 is 16.8 Å². The molecule has 0 aliphatic carbocycles. The van der Waals surface area contributed by atoms with Gasteiger partial charge in [-0.25, -0.2) is 4.79 Å². The van der Waals surface area contributed by atoms with E-state index in [-0.39, 0.29) is 11.3 Å². The molecule has 4 aromatic rings. The molecule has 0 aliphatic heterocycles. The van der Waals surface area contributed by atoms with Gasteiger partial charge in [0.05, 0.1) is 23.2 Å². The molecular weight excluding hydrogens is 370 g/mol. The summed E-state index contributed by atoms with van der Waals surface area (Å²) >= 11 is 0. The molecule has 0 bridgehead atoms. The summed E-state index contributed by atoms with van der Waals surface area (Å²) < 4.78 is 6.77. The summed E-state index contributed by atoms with van der Waals surface area (Å²) in [5, 5.41) is 11.0. The predicted octanol–water partition coefficient (Wildman–Crippen LogP) is 4.16. The molecule has 3 aromatic carbocycles. The zero-order valence-corrected chi connectivity index (χ0v) is 15.6. The lowest BCUT2D eigenvalue weighted by Gasteiger charge is -2.23. The van der Waals surface area contributed by atoms with Crippen LogP contribution in [0, 0.1) is 10.1 Å². The Bertz CT molecular complexity index is 1140. The fourth-order valence-corrected chi connectivity index (χ4v) is 3.34. The first-order valence-corrected chi connectivity index (χ1v) is 9.18. The summed E-state index contributed by atoms with van der Waals surface area (Å²) in [7, 11) is 0. The maximum atomic E-state index is 12.5. The average Bonchev–Trinajstić information content (AvgIpc) is 3.04. The summed E-state index contributed by atoms with van der Waals surface area (Å²) in [6.07, 6.45) is 0. The van der Waals surface area contributed by atoms with Gasteiger partial charge < -0.3 is 4.42 Å². The molecule has 1 heterocycles. The Balaban J connectivity index is 1.67. The molecule has 0 N–H and O–H groups in total. The number of non-ortho nitro benzene ring substituents is 1. The van der Waals surface area contributed by atoms with E-state index < -0.39 is 10.7 Å². The SMILES string of the molecule is O=c1oc2cc([N+](=O)[O-])ccc2n1CN(Cc1ccccc1)Cc1ccccc1. The van der Waals surface area contributed by atoms with Gasteiger partial charge in [0.2, 0.25) is 0 Å². The summed E-state index contributed by atoms with van der Waals surface area (Å²) in [6, 6.07) is 24.2. The van der Waals surface area contributed by atoms with Crippen LogP contribution in [0.25, 0.3) is 11.1 Å². The lowest BCUT2D eigenvalue weighted by molar-refractivity contribution is -0.384. The molecule has 4 rings (SSSR count). The van der Waals surface area contributed by atoms with Crippen molar-refractivity contribution in [3.63, 3.8) is 0 Å². The largest absolute Gasteiger partial charge is 0.421 e. The third-order valence-corrected chi connectivity index (χ3v) is 4.70. The van der Waals surface area contributed by atoms with Gasteiger partial charge in [-0.3, -0.25) is 19.6 Å². The molecule has 7 heteroatoms. The molecule has 0 radical (unpaired) electrons. The van der Waals surface area contributed by atoms with Gasteiger partial charge in [-0.2, -0.15) is 0 Å². The number of rotatable bonds is 7. The van der Waals surface area contributed by atoms with E-state index in [1.165, 1.54) is 16.7 Å². The number of aromatic nitrogens is 1. The Morgan fingerprint density at radius 3 is 2.03 bits per heavy atom. The number of nitrogens with zero attached hydrogens (tertiary/aromatic N) is 3. The predicted molar refractivity (Wildman–Crippen MR) is 109 cm³/mol. The molecule has 0 aliphatic rings. The van der Waals surface area contributed by atoms with Crippen LogP contribution < -0.4 is 5.76 Å². The molecule has 0 spiro atoms. The number of hydrogen-bond donors (Lipinski definition) is 0. The first-order chi connectivity index (χ1) is 14.1. The van der Waals surface area contributed by atoms with Gasteiger partial charge in [0.1, 0.15) is 0 Å². The zero-order chi connectivity index (χ0) is 20.2. The molecule has 0 atom stereocenters. The maximum Gasteiger partial charge on any atom is 0.421 e. The van der Waals surface area contributed by atoms with Crippen molar-refractivity contribution < 1.29 is 9.34 Å². The van der Waals surface area contributed by atoms with Crippen molar-refractivity contribution in [3.05, 3.63) is 111 Å². The third-order valence-electron chi connectivity index (χ3n) is 4.70. The minimum atomic E-state index is -0.536. The van der Waals surface area contributed by atoms with E-state index in [1.54, 1.807) is 6.07 Å². The minimum Gasteiger partial charge on any atom is -0.407 e. The van der Waals surface area contributed by atoms with Crippen LogP contribution in [0.4, 0.5) is 5.69 Å². The number of benzene rings is 3. The standard InChI is InChI=1S/C22H19N3O4/c26-22-24(20-12-11-19(25(27)28)13-21(20)29-22)16-23(14-17-7-3-1-4-8-17)15-18-9-5-2-6-10-18/h1-13H,14-16H2. The monoisotopic (exact) mass is 389 g/mol. The molecule has 146 valence electrons. The van der Waals surface area contributed by atoms with Crippen molar-refractivity contribution in [2.75, 3.05) is 0 Å². The first kappa shape index (κ1) is 18.6. The lowest BCUT2D eigenvalue weighted by Crippen LogP contribution is -2.30. The fraction of sp³-hybridized carbons (Fsp3) is 0.136. The number of fused-ring (bicyclic) bond motifs is 1. The van der Waals surface area contributed by atoms with Crippen molar-refractivity contribution in [3.8, 4) is 0 Å². The molecule has 0 saturated carbocycles. The van der Waals surface area contributed by atoms with Gasteiger partial charge >= 0.3 is 5.76 Å². The highest BCUT2D eigenvalue weighted by Crippen LogP contribution is 2.21. The van der Waals surface area contributed by atoms with Crippen molar-refractivity contribution in [2.24, 2.45) is 0 Å². The normalized spacial score (nSPS) is 11.2. The van der Waals surface area contributed by atoms with Crippen molar-refractivity contribution in [1.29, 1.82) is 0 Å². The Morgan fingerprint density at radius 2 is 1.48 bits per heavy atom. The summed E-state index contributed by atoms with van der Waals surface area (Å²) in [5.41, 5.74) is 2.89. The third kappa shape index (κ3) is 4.25. The van der Waals surface area contributed by atoms with Gasteiger partial charge in [-0.05, 0) is 17.2 Å². The van der Waals surface area contributed by atoms with Crippen LogP contribution in [0.2, 0.25) is 0 Å². The van der Waals surface area contributed by atoms with E-state index >= 15 is 0 Å². The van der Waals surface area contributed by atoms with Gasteiger partial charge in [-0.1, -0.05) is 60.7 Å². The van der Waals surface area contributed by atoms with Gasteiger partial charge in [-0.15, -0.1) is 0 Å². The molecule has 0 unspecified atom stereocenters. The molecule has 1 aromatic heterocycles.